The number of fused-ring (bicyclic) bond motifs is 1. The fourth-order valence-corrected chi connectivity index (χ4v) is 5.26. The third-order valence-electron chi connectivity index (χ3n) is 5.27. The summed E-state index contributed by atoms with van der Waals surface area (Å²) in [7, 11) is 1.54. The summed E-state index contributed by atoms with van der Waals surface area (Å²) in [5.41, 5.74) is 3.14. The molecule has 3 aromatic rings. The second kappa shape index (κ2) is 10.2. The standard InChI is InChI=1S/C24H24ClN3O3S/c1-31-19-11-10-16(25)12-18(19)27-23(30)22-17-8-5-9-20(17)32-24(22)28-21(29)14-26-13-15-6-3-2-4-7-15/h2-4,6-7,10-12,26H,5,8-9,13-14H2,1H3,(H,27,30)(H,28,29). The largest absolute Gasteiger partial charge is 0.495 e. The fraction of sp³-hybridized carbons (Fsp3) is 0.250. The fourth-order valence-electron chi connectivity index (χ4n) is 3.78. The Hall–Kier alpha value is -2.87. The van der Waals surface area contributed by atoms with Crippen LogP contribution in [0, 0.1) is 0 Å². The van der Waals surface area contributed by atoms with Crippen LogP contribution in [0.15, 0.2) is 48.5 Å². The van der Waals surface area contributed by atoms with E-state index in [4.69, 9.17) is 16.3 Å². The molecule has 0 atom stereocenters. The number of hydrogen-bond acceptors (Lipinski definition) is 5. The predicted octanol–water partition coefficient (Wildman–Crippen LogP) is 4.88. The van der Waals surface area contributed by atoms with Crippen LogP contribution >= 0.6 is 22.9 Å². The summed E-state index contributed by atoms with van der Waals surface area (Å²) >= 11 is 7.58. The van der Waals surface area contributed by atoms with Crippen molar-refractivity contribution in [2.45, 2.75) is 25.8 Å². The number of carbonyl (C=O) groups excluding carboxylic acids is 2. The Bertz CT molecular complexity index is 1130. The van der Waals surface area contributed by atoms with Crippen LogP contribution in [0.25, 0.3) is 0 Å². The van der Waals surface area contributed by atoms with Gasteiger partial charge in [-0.05, 0) is 48.6 Å². The minimum atomic E-state index is -0.280. The lowest BCUT2D eigenvalue weighted by atomic mass is 10.1. The van der Waals surface area contributed by atoms with Gasteiger partial charge in [-0.3, -0.25) is 9.59 Å². The van der Waals surface area contributed by atoms with Gasteiger partial charge in [-0.25, -0.2) is 0 Å². The molecule has 0 bridgehead atoms. The molecular formula is C24H24ClN3O3S. The highest BCUT2D eigenvalue weighted by Crippen LogP contribution is 2.40. The maximum absolute atomic E-state index is 13.2. The number of thiophene rings is 1. The lowest BCUT2D eigenvalue weighted by Gasteiger charge is -2.13. The molecule has 2 aromatic carbocycles. The molecule has 2 amide bonds. The van der Waals surface area contributed by atoms with Crippen LogP contribution < -0.4 is 20.7 Å². The molecule has 0 aliphatic heterocycles. The Balaban J connectivity index is 1.47. The predicted molar refractivity (Wildman–Crippen MR) is 129 cm³/mol. The summed E-state index contributed by atoms with van der Waals surface area (Å²) in [6.07, 6.45) is 2.75. The second-order valence-electron chi connectivity index (χ2n) is 7.50. The molecular weight excluding hydrogens is 446 g/mol. The van der Waals surface area contributed by atoms with Crippen molar-refractivity contribution in [3.8, 4) is 5.75 Å². The maximum Gasteiger partial charge on any atom is 0.259 e. The van der Waals surface area contributed by atoms with Crippen molar-refractivity contribution in [2.75, 3.05) is 24.3 Å². The molecule has 0 fully saturated rings. The van der Waals surface area contributed by atoms with Gasteiger partial charge in [0, 0.05) is 16.4 Å². The third-order valence-corrected chi connectivity index (χ3v) is 6.71. The number of amides is 2. The van der Waals surface area contributed by atoms with Crippen LogP contribution in [0.5, 0.6) is 5.75 Å². The number of methoxy groups -OCH3 is 1. The van der Waals surface area contributed by atoms with Crippen LogP contribution in [-0.4, -0.2) is 25.5 Å². The number of rotatable bonds is 8. The molecule has 1 aromatic heterocycles. The minimum absolute atomic E-state index is 0.153. The van der Waals surface area contributed by atoms with Crippen LogP contribution in [0.1, 0.15) is 32.8 Å². The highest BCUT2D eigenvalue weighted by Gasteiger charge is 2.28. The Morgan fingerprint density at radius 2 is 1.91 bits per heavy atom. The monoisotopic (exact) mass is 469 g/mol. The number of benzene rings is 2. The zero-order valence-corrected chi connectivity index (χ0v) is 19.2. The van der Waals surface area contributed by atoms with Gasteiger partial charge in [-0.2, -0.15) is 0 Å². The van der Waals surface area contributed by atoms with E-state index in [1.807, 2.05) is 30.3 Å². The minimum Gasteiger partial charge on any atom is -0.495 e. The molecule has 0 radical (unpaired) electrons. The van der Waals surface area contributed by atoms with E-state index < -0.39 is 0 Å². The van der Waals surface area contributed by atoms with E-state index in [0.717, 1.165) is 35.3 Å². The van der Waals surface area contributed by atoms with Crippen LogP contribution in [0.3, 0.4) is 0 Å². The summed E-state index contributed by atoms with van der Waals surface area (Å²) in [5.74, 6) is 0.0538. The molecule has 8 heteroatoms. The van der Waals surface area contributed by atoms with Crippen molar-refractivity contribution in [1.29, 1.82) is 0 Å². The van der Waals surface area contributed by atoms with Crippen LogP contribution in [0.2, 0.25) is 5.02 Å². The van der Waals surface area contributed by atoms with E-state index in [0.29, 0.717) is 33.6 Å². The van der Waals surface area contributed by atoms with Crippen molar-refractivity contribution in [3.05, 3.63) is 75.1 Å². The number of anilines is 2. The Morgan fingerprint density at radius 1 is 1.09 bits per heavy atom. The maximum atomic E-state index is 13.2. The topological polar surface area (TPSA) is 79.5 Å². The van der Waals surface area contributed by atoms with Gasteiger partial charge in [0.15, 0.2) is 0 Å². The molecule has 1 aliphatic rings. The quantitative estimate of drug-likeness (QED) is 0.439. The van der Waals surface area contributed by atoms with E-state index in [1.54, 1.807) is 18.2 Å². The Labute approximate surface area is 195 Å². The van der Waals surface area contributed by atoms with Crippen molar-refractivity contribution in [3.63, 3.8) is 0 Å². The number of halogens is 1. The molecule has 4 rings (SSSR count). The van der Waals surface area contributed by atoms with E-state index in [1.165, 1.54) is 18.4 Å². The van der Waals surface area contributed by atoms with Crippen LogP contribution in [0.4, 0.5) is 10.7 Å². The van der Waals surface area contributed by atoms with E-state index in [9.17, 15) is 9.59 Å². The van der Waals surface area contributed by atoms with Gasteiger partial charge in [0.05, 0.1) is 24.9 Å². The Kier molecular flexibility index (Phi) is 7.09. The second-order valence-corrected chi connectivity index (χ2v) is 9.04. The summed E-state index contributed by atoms with van der Waals surface area (Å²) in [6.45, 7) is 0.748. The first kappa shape index (κ1) is 22.3. The summed E-state index contributed by atoms with van der Waals surface area (Å²) in [4.78, 5) is 27.0. The molecule has 166 valence electrons. The van der Waals surface area contributed by atoms with Crippen molar-refractivity contribution >= 4 is 45.4 Å². The molecule has 0 unspecified atom stereocenters. The van der Waals surface area contributed by atoms with E-state index in [2.05, 4.69) is 16.0 Å². The first-order chi connectivity index (χ1) is 15.5. The molecule has 32 heavy (non-hydrogen) atoms. The molecule has 0 spiro atoms. The SMILES string of the molecule is COc1ccc(Cl)cc1NC(=O)c1c(NC(=O)CNCc2ccccc2)sc2c1CCC2. The molecule has 1 aliphatic carbocycles. The Morgan fingerprint density at radius 3 is 2.69 bits per heavy atom. The molecule has 0 saturated heterocycles. The molecule has 6 nitrogen and oxygen atoms in total. The van der Waals surface area contributed by atoms with Gasteiger partial charge in [0.1, 0.15) is 10.8 Å². The van der Waals surface area contributed by atoms with Crippen molar-refractivity contribution in [2.24, 2.45) is 0 Å². The number of hydrogen-bond donors (Lipinski definition) is 3. The number of ether oxygens (including phenoxy) is 1. The third kappa shape index (κ3) is 5.12. The normalized spacial score (nSPS) is 12.3. The molecule has 3 N–H and O–H groups in total. The van der Waals surface area contributed by atoms with Gasteiger partial charge >= 0.3 is 0 Å². The van der Waals surface area contributed by atoms with Crippen molar-refractivity contribution in [1.82, 2.24) is 5.32 Å². The van der Waals surface area contributed by atoms with Gasteiger partial charge in [0.25, 0.3) is 5.91 Å². The van der Waals surface area contributed by atoms with Gasteiger partial charge < -0.3 is 20.7 Å². The van der Waals surface area contributed by atoms with Gasteiger partial charge in [0.2, 0.25) is 5.91 Å². The van der Waals surface area contributed by atoms with Crippen molar-refractivity contribution < 1.29 is 14.3 Å². The average molecular weight is 470 g/mol. The summed E-state index contributed by atoms with van der Waals surface area (Å²) < 4.78 is 5.34. The van der Waals surface area contributed by atoms with Crippen LogP contribution in [-0.2, 0) is 24.2 Å². The lowest BCUT2D eigenvalue weighted by molar-refractivity contribution is -0.115. The average Bonchev–Trinajstić information content (AvgIpc) is 3.35. The summed E-state index contributed by atoms with van der Waals surface area (Å²) in [5, 5.41) is 10.1. The smallest absolute Gasteiger partial charge is 0.259 e. The number of aryl methyl sites for hydroxylation is 1. The lowest BCUT2D eigenvalue weighted by Crippen LogP contribution is -2.28. The summed E-state index contributed by atoms with van der Waals surface area (Å²) in [6, 6.07) is 14.9. The molecule has 0 saturated carbocycles. The number of carbonyl (C=O) groups is 2. The van der Waals surface area contributed by atoms with Gasteiger partial charge in [-0.15, -0.1) is 11.3 Å². The van der Waals surface area contributed by atoms with E-state index >= 15 is 0 Å². The first-order valence-electron chi connectivity index (χ1n) is 10.4. The zero-order chi connectivity index (χ0) is 22.5. The number of nitrogens with one attached hydrogen (secondary N) is 3. The first-order valence-corrected chi connectivity index (χ1v) is 11.6. The van der Waals surface area contributed by atoms with Gasteiger partial charge in [-0.1, -0.05) is 41.9 Å². The van der Waals surface area contributed by atoms with E-state index in [-0.39, 0.29) is 18.4 Å². The molecule has 1 heterocycles. The highest BCUT2D eigenvalue weighted by molar-refractivity contribution is 7.17. The highest BCUT2D eigenvalue weighted by atomic mass is 35.5. The zero-order valence-electron chi connectivity index (χ0n) is 17.7.